The van der Waals surface area contributed by atoms with Gasteiger partial charge in [0.05, 0.1) is 29.2 Å². The van der Waals surface area contributed by atoms with E-state index in [0.29, 0.717) is 0 Å². The van der Waals surface area contributed by atoms with Crippen LogP contribution in [0.5, 0.6) is 0 Å². The van der Waals surface area contributed by atoms with Crippen LogP contribution in [0.1, 0.15) is 154 Å². The highest BCUT2D eigenvalue weighted by Crippen LogP contribution is 2.66. The molecule has 0 N–H and O–H groups in total. The Labute approximate surface area is 528 Å². The molecule has 440 valence electrons. The lowest BCUT2D eigenvalue weighted by atomic mass is 9.33. The Bertz CT molecular complexity index is 4560. The maximum Gasteiger partial charge on any atom is 0.252 e. The van der Waals surface area contributed by atoms with Crippen LogP contribution in [0.25, 0.3) is 27.8 Å². The zero-order valence-electron chi connectivity index (χ0n) is 54.3. The third kappa shape index (κ3) is 8.13. The molecule has 0 amide bonds. The van der Waals surface area contributed by atoms with E-state index in [1.165, 1.54) is 117 Å². The van der Waals surface area contributed by atoms with Crippen LogP contribution in [0.2, 0.25) is 0 Å². The van der Waals surface area contributed by atoms with Crippen LogP contribution < -0.4 is 36.0 Å². The summed E-state index contributed by atoms with van der Waals surface area (Å²) in [5, 5.41) is 1.34. The highest BCUT2D eigenvalue weighted by molar-refractivity contribution is 7.00. The van der Waals surface area contributed by atoms with Gasteiger partial charge in [-0.15, -0.1) is 0 Å². The van der Waals surface area contributed by atoms with Crippen molar-refractivity contribution < 1.29 is 0 Å². The third-order valence-electron chi connectivity index (χ3n) is 20.7. The average molecular weight is 1160 g/mol. The van der Waals surface area contributed by atoms with Crippen LogP contribution in [0, 0.1) is 0 Å². The molecule has 16 rings (SSSR count). The number of anilines is 10. The second kappa shape index (κ2) is 19.0. The summed E-state index contributed by atoms with van der Waals surface area (Å²) < 4.78 is 2.73. The van der Waals surface area contributed by atoms with E-state index in [9.17, 15) is 0 Å². The zero-order valence-corrected chi connectivity index (χ0v) is 54.3. The Morgan fingerprint density at radius 3 is 1.48 bits per heavy atom. The summed E-state index contributed by atoms with van der Waals surface area (Å²) in [5.41, 5.74) is 31.5. The second-order valence-corrected chi connectivity index (χ2v) is 30.6. The lowest BCUT2D eigenvalue weighted by molar-refractivity contribution is 0.590. The molecular formula is C83H80BN5. The smallest absolute Gasteiger partial charge is 0.252 e. The topological polar surface area (TPSA) is 17.9 Å². The van der Waals surface area contributed by atoms with Crippen molar-refractivity contribution in [3.8, 4) is 16.9 Å². The molecule has 89 heavy (non-hydrogen) atoms. The van der Waals surface area contributed by atoms with Gasteiger partial charge in [0.25, 0.3) is 6.71 Å². The lowest BCUT2D eigenvalue weighted by Crippen LogP contribution is -2.60. The van der Waals surface area contributed by atoms with Crippen molar-refractivity contribution in [3.63, 3.8) is 0 Å². The van der Waals surface area contributed by atoms with Crippen LogP contribution in [-0.2, 0) is 27.1 Å². The summed E-state index contributed by atoms with van der Waals surface area (Å²) in [6.45, 7) is 32.6. The Hall–Kier alpha value is -9.00. The number of fused-ring (bicyclic) bond motifs is 14. The van der Waals surface area contributed by atoms with E-state index in [4.69, 9.17) is 0 Å². The van der Waals surface area contributed by atoms with Gasteiger partial charge >= 0.3 is 0 Å². The summed E-state index contributed by atoms with van der Waals surface area (Å²) in [7, 11) is 0. The SMILES string of the molecule is CC(C)(C)c1ccc(N(c2ccc(C(C)(C)C)cc2)c2cc3c4c(c2)-n2c5c(c6cccc(c62)B4c2ccc(N(c4ccc(C(C)(C)C)cc4)c4ccc(C(C)(C)C)cc4)c4c2N3C2c3ccccc3N(c3ccccc3)C42)C(C)(C)c2ccccc2-5)cc1. The van der Waals surface area contributed by atoms with Crippen molar-refractivity contribution in [3.05, 3.63) is 263 Å². The third-order valence-corrected chi connectivity index (χ3v) is 20.7. The van der Waals surface area contributed by atoms with Crippen molar-refractivity contribution in [1.29, 1.82) is 0 Å². The maximum absolute atomic E-state index is 2.85. The highest BCUT2D eigenvalue weighted by atomic mass is 15.3. The van der Waals surface area contributed by atoms with Crippen LogP contribution in [0.4, 0.5) is 56.9 Å². The summed E-state index contributed by atoms with van der Waals surface area (Å²) in [6.07, 6.45) is 0. The Morgan fingerprint density at radius 2 is 0.921 bits per heavy atom. The fourth-order valence-electron chi connectivity index (χ4n) is 16.2. The minimum atomic E-state index is -0.233. The van der Waals surface area contributed by atoms with Crippen LogP contribution >= 0.6 is 0 Å². The van der Waals surface area contributed by atoms with E-state index < -0.39 is 0 Å². The first-order chi connectivity index (χ1) is 42.5. The molecule has 0 radical (unpaired) electrons. The normalized spacial score (nSPS) is 16.4. The summed E-state index contributed by atoms with van der Waals surface area (Å²) in [5.74, 6) is 0. The molecule has 0 saturated heterocycles. The molecule has 1 aromatic heterocycles. The minimum absolute atomic E-state index is 0.00836. The van der Waals surface area contributed by atoms with E-state index >= 15 is 0 Å². The molecule has 11 aromatic rings. The van der Waals surface area contributed by atoms with Crippen molar-refractivity contribution >= 4 is 90.9 Å². The molecular weight excluding hydrogens is 1080 g/mol. The van der Waals surface area contributed by atoms with Crippen LogP contribution in [0.15, 0.2) is 218 Å². The van der Waals surface area contributed by atoms with Gasteiger partial charge in [-0.1, -0.05) is 230 Å². The summed E-state index contributed by atoms with van der Waals surface area (Å²) in [6, 6.07) is 84.7. The monoisotopic (exact) mass is 1160 g/mol. The first-order valence-corrected chi connectivity index (χ1v) is 32.4. The van der Waals surface area contributed by atoms with Gasteiger partial charge in [0.2, 0.25) is 0 Å². The fraction of sp³-hybridized carbons (Fsp3) is 0.253. The number of rotatable bonds is 7. The summed E-state index contributed by atoms with van der Waals surface area (Å²) >= 11 is 0. The van der Waals surface area contributed by atoms with E-state index in [-0.39, 0.29) is 45.9 Å². The highest BCUT2D eigenvalue weighted by Gasteiger charge is 2.57. The first kappa shape index (κ1) is 55.3. The van der Waals surface area contributed by atoms with Crippen molar-refractivity contribution in [2.75, 3.05) is 19.6 Å². The molecule has 6 heteroatoms. The number of aromatic nitrogens is 1. The molecule has 1 aliphatic carbocycles. The molecule has 0 fully saturated rings. The van der Waals surface area contributed by atoms with Crippen molar-refractivity contribution in [2.45, 2.75) is 136 Å². The minimum Gasteiger partial charge on any atom is -0.332 e. The lowest BCUT2D eigenvalue weighted by Gasteiger charge is -2.42. The number of benzene rings is 10. The molecule has 2 unspecified atom stereocenters. The molecule has 5 heterocycles. The van der Waals surface area contributed by atoms with E-state index in [1.807, 2.05) is 0 Å². The largest absolute Gasteiger partial charge is 0.332 e. The van der Waals surface area contributed by atoms with Crippen LogP contribution in [0.3, 0.4) is 0 Å². The summed E-state index contributed by atoms with van der Waals surface area (Å²) in [4.78, 5) is 10.7. The molecule has 10 aromatic carbocycles. The van der Waals surface area contributed by atoms with Crippen molar-refractivity contribution in [1.82, 2.24) is 4.57 Å². The van der Waals surface area contributed by atoms with Gasteiger partial charge in [0.15, 0.2) is 0 Å². The Morgan fingerprint density at radius 1 is 0.416 bits per heavy atom. The number of nitrogens with zero attached hydrogens (tertiary/aromatic N) is 5. The fourth-order valence-corrected chi connectivity index (χ4v) is 16.2. The predicted octanol–water partition coefficient (Wildman–Crippen LogP) is 20.3. The van der Waals surface area contributed by atoms with Gasteiger partial charge in [-0.05, 0) is 156 Å². The number of para-hydroxylation sites is 3. The van der Waals surface area contributed by atoms with E-state index in [0.717, 1.165) is 28.4 Å². The average Bonchev–Trinajstić information content (AvgIpc) is 1.53. The molecule has 5 nitrogen and oxygen atoms in total. The number of hydrogen-bond acceptors (Lipinski definition) is 4. The first-order valence-electron chi connectivity index (χ1n) is 32.4. The Kier molecular flexibility index (Phi) is 11.8. The van der Waals surface area contributed by atoms with Gasteiger partial charge < -0.3 is 24.2 Å². The predicted molar refractivity (Wildman–Crippen MR) is 379 cm³/mol. The van der Waals surface area contributed by atoms with Gasteiger partial charge in [-0.2, -0.15) is 0 Å². The quantitative estimate of drug-likeness (QED) is 0.148. The molecule has 5 aliphatic rings. The molecule has 0 spiro atoms. The molecule has 2 atom stereocenters. The van der Waals surface area contributed by atoms with Crippen molar-refractivity contribution in [2.24, 2.45) is 0 Å². The molecule has 4 aliphatic heterocycles. The Balaban J connectivity index is 1.05. The molecule has 0 bridgehead atoms. The standard InChI is InChI=1S/C83H80BN5/c1-79(2,3)51-31-39-56(40-32-51)85(57-41-33-52(34-42-57)80(4,5)6)60-49-69-73-70(50-60)89-76-62-26-19-21-30-67(62)87(55-23-16-15-17-24-55)78(76)71-68(86(58-43-35-53(36-44-58)81(7,8)9)59-45-37-54(38-46-59)82(10,11)12)48-47-66(77(71)89)84(73)65-29-22-27-63-72-75(88(69)74(63)65)61-25-18-20-28-64(61)83(72,13)14/h15-50,76,78H,1-14H3. The van der Waals surface area contributed by atoms with Gasteiger partial charge in [-0.25, -0.2) is 0 Å². The molecule has 0 saturated carbocycles. The number of hydrogen-bond donors (Lipinski definition) is 0. The van der Waals surface area contributed by atoms with Gasteiger partial charge in [-0.3, -0.25) is 0 Å². The second-order valence-electron chi connectivity index (χ2n) is 30.6. The zero-order chi connectivity index (χ0) is 61.6. The van der Waals surface area contributed by atoms with E-state index in [1.54, 1.807) is 0 Å². The van der Waals surface area contributed by atoms with Gasteiger partial charge in [0, 0.05) is 84.2 Å². The maximum atomic E-state index is 2.85. The van der Waals surface area contributed by atoms with Crippen LogP contribution in [-0.4, -0.2) is 11.3 Å². The van der Waals surface area contributed by atoms with E-state index in [2.05, 4.69) is 339 Å². The van der Waals surface area contributed by atoms with Gasteiger partial charge in [0.1, 0.15) is 0 Å².